The van der Waals surface area contributed by atoms with E-state index in [0.29, 0.717) is 44.0 Å². The Bertz CT molecular complexity index is 1350. The van der Waals surface area contributed by atoms with E-state index in [1.54, 1.807) is 29.6 Å². The van der Waals surface area contributed by atoms with Gasteiger partial charge in [-0.1, -0.05) is 11.6 Å². The molecule has 7 nitrogen and oxygen atoms in total. The summed E-state index contributed by atoms with van der Waals surface area (Å²) in [5.74, 6) is -0.266. The van der Waals surface area contributed by atoms with E-state index in [0.717, 1.165) is 43.0 Å². The molecule has 37 heavy (non-hydrogen) atoms. The number of hydrogen-bond donors (Lipinski definition) is 1. The summed E-state index contributed by atoms with van der Waals surface area (Å²) in [5, 5.41) is 2.01. The van der Waals surface area contributed by atoms with Crippen molar-refractivity contribution in [1.29, 1.82) is 0 Å². The predicted octanol–water partition coefficient (Wildman–Crippen LogP) is 4.06. The molecule has 1 atom stereocenters. The number of hydrazine groups is 1. The van der Waals surface area contributed by atoms with E-state index in [2.05, 4.69) is 16.4 Å². The van der Waals surface area contributed by atoms with Crippen molar-refractivity contribution >= 4 is 21.4 Å². The number of hydrogen-bond acceptors (Lipinski definition) is 6. The molecule has 9 heteroatoms. The maximum atomic E-state index is 13.9. The van der Waals surface area contributed by atoms with Crippen molar-refractivity contribution in [2.45, 2.75) is 30.6 Å². The van der Waals surface area contributed by atoms with E-state index >= 15 is 0 Å². The second-order valence-electron chi connectivity index (χ2n) is 10.5. The lowest BCUT2D eigenvalue weighted by atomic mass is 9.69. The average Bonchev–Trinajstić information content (AvgIpc) is 3.58. The van der Waals surface area contributed by atoms with Gasteiger partial charge < -0.3 is 9.64 Å². The van der Waals surface area contributed by atoms with Gasteiger partial charge in [0.15, 0.2) is 0 Å². The van der Waals surface area contributed by atoms with Gasteiger partial charge in [0.2, 0.25) is 10.0 Å². The van der Waals surface area contributed by atoms with Gasteiger partial charge in [-0.2, -0.15) is 4.31 Å². The van der Waals surface area contributed by atoms with Gasteiger partial charge in [0, 0.05) is 50.9 Å². The molecule has 0 spiro atoms. The van der Waals surface area contributed by atoms with Gasteiger partial charge in [-0.25, -0.2) is 18.2 Å². The Morgan fingerprint density at radius 2 is 1.84 bits per heavy atom. The second-order valence-corrected chi connectivity index (χ2v) is 12.4. The standard InChI is InChI=1S/C28H33FN4O3S/c1-36-20-28-17-21-18-30-33(24-9-7-23(29)8-10-24)27(21)15-22(28)11-14-32(19-28)37(34,35)26-6-4-5-25(16-26)31-12-2-3-13-31/h4-10,15-16,30H,2-3,11-14,17-20H2,1H3/t28-/m1/s1. The van der Waals surface area contributed by atoms with Crippen molar-refractivity contribution in [2.75, 3.05) is 56.3 Å². The van der Waals surface area contributed by atoms with Gasteiger partial charge in [0.25, 0.3) is 0 Å². The van der Waals surface area contributed by atoms with Crippen LogP contribution in [-0.4, -0.2) is 59.2 Å². The van der Waals surface area contributed by atoms with Crippen LogP contribution in [0.25, 0.3) is 0 Å². The van der Waals surface area contributed by atoms with Crippen molar-refractivity contribution in [3.05, 3.63) is 77.3 Å². The van der Waals surface area contributed by atoms with Gasteiger partial charge in [-0.3, -0.25) is 5.01 Å². The normalized spacial score (nSPS) is 24.3. The summed E-state index contributed by atoms with van der Waals surface area (Å²) in [5.41, 5.74) is 8.35. The summed E-state index contributed by atoms with van der Waals surface area (Å²) in [6.45, 7) is 3.87. The number of nitrogens with zero attached hydrogens (tertiary/aromatic N) is 3. The largest absolute Gasteiger partial charge is 0.384 e. The summed E-state index contributed by atoms with van der Waals surface area (Å²) < 4.78 is 48.5. The van der Waals surface area contributed by atoms with E-state index in [1.165, 1.54) is 23.3 Å². The van der Waals surface area contributed by atoms with Crippen molar-refractivity contribution in [2.24, 2.45) is 5.41 Å². The third kappa shape index (κ3) is 4.37. The molecule has 2 aromatic rings. The molecule has 2 saturated heterocycles. The fraction of sp³-hybridized carbons (Fsp3) is 0.429. The van der Waals surface area contributed by atoms with Gasteiger partial charge in [-0.15, -0.1) is 0 Å². The van der Waals surface area contributed by atoms with Crippen LogP contribution in [0.2, 0.25) is 0 Å². The molecular weight excluding hydrogens is 491 g/mol. The minimum Gasteiger partial charge on any atom is -0.384 e. The lowest BCUT2D eigenvalue weighted by Crippen LogP contribution is -2.50. The quantitative estimate of drug-likeness (QED) is 0.615. The van der Waals surface area contributed by atoms with E-state index in [-0.39, 0.29) is 5.82 Å². The van der Waals surface area contributed by atoms with E-state index in [1.807, 2.05) is 23.2 Å². The first-order valence-electron chi connectivity index (χ1n) is 13.0. The fourth-order valence-electron chi connectivity index (χ4n) is 6.28. The third-order valence-corrected chi connectivity index (χ3v) is 9.98. The predicted molar refractivity (Wildman–Crippen MR) is 142 cm³/mol. The van der Waals surface area contributed by atoms with Crippen LogP contribution in [-0.2, 0) is 14.8 Å². The number of sulfonamides is 1. The average molecular weight is 525 g/mol. The topological polar surface area (TPSA) is 65.1 Å². The molecule has 3 aliphatic heterocycles. The number of rotatable bonds is 6. The molecule has 0 radical (unpaired) electrons. The van der Waals surface area contributed by atoms with Crippen molar-refractivity contribution in [1.82, 2.24) is 9.73 Å². The minimum absolute atomic E-state index is 0.266. The molecule has 3 heterocycles. The molecule has 0 amide bonds. The molecule has 2 aromatic carbocycles. The van der Waals surface area contributed by atoms with Crippen LogP contribution in [0.1, 0.15) is 25.7 Å². The van der Waals surface area contributed by atoms with Crippen LogP contribution in [0.4, 0.5) is 15.8 Å². The van der Waals surface area contributed by atoms with Crippen LogP contribution < -0.4 is 15.3 Å². The molecule has 1 N–H and O–H groups in total. The Morgan fingerprint density at radius 1 is 1.05 bits per heavy atom. The van der Waals surface area contributed by atoms with Gasteiger partial charge in [0.05, 0.1) is 22.9 Å². The number of piperidine rings is 1. The summed E-state index contributed by atoms with van der Waals surface area (Å²) in [6.07, 6.45) is 5.83. The third-order valence-electron chi connectivity index (χ3n) is 8.14. The lowest BCUT2D eigenvalue weighted by molar-refractivity contribution is 0.0721. The van der Waals surface area contributed by atoms with E-state index in [4.69, 9.17) is 4.74 Å². The van der Waals surface area contributed by atoms with Crippen LogP contribution >= 0.6 is 0 Å². The number of allylic oxidation sites excluding steroid dienone is 1. The molecule has 6 rings (SSSR count). The van der Waals surface area contributed by atoms with Gasteiger partial charge in [-0.05, 0) is 79.8 Å². The van der Waals surface area contributed by atoms with Crippen LogP contribution in [0, 0.1) is 11.2 Å². The maximum absolute atomic E-state index is 13.9. The van der Waals surface area contributed by atoms with Crippen molar-refractivity contribution < 1.29 is 17.5 Å². The van der Waals surface area contributed by atoms with Gasteiger partial charge in [0.1, 0.15) is 5.82 Å². The highest BCUT2D eigenvalue weighted by molar-refractivity contribution is 7.89. The molecule has 0 unspecified atom stereocenters. The fourth-order valence-corrected chi connectivity index (χ4v) is 7.85. The highest BCUT2D eigenvalue weighted by Crippen LogP contribution is 2.48. The second kappa shape index (κ2) is 9.54. The SMILES string of the molecule is COC[C@]12CC3=C(C=C1CCN(S(=O)(=O)c1cccc(N4CCCC4)c1)C2)N(c1ccc(F)cc1)NC3. The van der Waals surface area contributed by atoms with Crippen molar-refractivity contribution in [3.8, 4) is 0 Å². The molecule has 2 fully saturated rings. The summed E-state index contributed by atoms with van der Waals surface area (Å²) in [7, 11) is -1.97. The van der Waals surface area contributed by atoms with E-state index < -0.39 is 15.4 Å². The molecule has 0 aromatic heterocycles. The molecule has 1 aliphatic carbocycles. The minimum atomic E-state index is -3.65. The van der Waals surface area contributed by atoms with Crippen molar-refractivity contribution in [3.63, 3.8) is 0 Å². The maximum Gasteiger partial charge on any atom is 0.243 e. The van der Waals surface area contributed by atoms with Crippen LogP contribution in [0.5, 0.6) is 0 Å². The number of fused-ring (bicyclic) bond motifs is 1. The molecule has 0 saturated carbocycles. The highest BCUT2D eigenvalue weighted by atomic mass is 32.2. The van der Waals surface area contributed by atoms with Crippen LogP contribution in [0.3, 0.4) is 0 Å². The number of anilines is 2. The molecule has 4 aliphatic rings. The molecular formula is C28H33FN4O3S. The number of ether oxygens (including phenoxy) is 1. The number of nitrogens with one attached hydrogen (secondary N) is 1. The Labute approximate surface area is 218 Å². The van der Waals surface area contributed by atoms with Crippen LogP contribution in [0.15, 0.2) is 76.3 Å². The molecule has 196 valence electrons. The monoisotopic (exact) mass is 524 g/mol. The number of halogens is 1. The Kier molecular flexibility index (Phi) is 6.35. The zero-order chi connectivity index (χ0) is 25.6. The van der Waals surface area contributed by atoms with E-state index in [9.17, 15) is 12.8 Å². The first-order valence-corrected chi connectivity index (χ1v) is 14.4. The first-order chi connectivity index (χ1) is 17.9. The smallest absolute Gasteiger partial charge is 0.243 e. The highest BCUT2D eigenvalue weighted by Gasteiger charge is 2.47. The molecule has 0 bridgehead atoms. The Hall–Kier alpha value is -2.72. The summed E-state index contributed by atoms with van der Waals surface area (Å²) in [4.78, 5) is 2.62. The van der Waals surface area contributed by atoms with Gasteiger partial charge >= 0.3 is 0 Å². The zero-order valence-corrected chi connectivity index (χ0v) is 21.9. The zero-order valence-electron chi connectivity index (χ0n) is 21.1. The number of methoxy groups -OCH3 is 1. The summed E-state index contributed by atoms with van der Waals surface area (Å²) in [6, 6.07) is 13.9. The Balaban J connectivity index is 1.28. The first kappa shape index (κ1) is 24.6. The summed E-state index contributed by atoms with van der Waals surface area (Å²) >= 11 is 0. The Morgan fingerprint density at radius 3 is 2.59 bits per heavy atom. The number of benzene rings is 2. The lowest BCUT2D eigenvalue weighted by Gasteiger charge is -2.46.